The molecule has 8 nitrogen and oxygen atoms in total. The highest BCUT2D eigenvalue weighted by Crippen LogP contribution is 2.39. The van der Waals surface area contributed by atoms with Gasteiger partial charge in [0.1, 0.15) is 16.0 Å². The Labute approximate surface area is 189 Å². The van der Waals surface area contributed by atoms with E-state index in [9.17, 15) is 18.5 Å². The fourth-order valence-electron chi connectivity index (χ4n) is 3.84. The van der Waals surface area contributed by atoms with Gasteiger partial charge in [-0.1, -0.05) is 11.6 Å². The van der Waals surface area contributed by atoms with Crippen molar-refractivity contribution in [3.8, 4) is 6.07 Å². The van der Waals surface area contributed by atoms with Gasteiger partial charge in [-0.15, -0.1) is 11.3 Å². The third-order valence-corrected chi connectivity index (χ3v) is 8.89. The van der Waals surface area contributed by atoms with E-state index in [-0.39, 0.29) is 28.6 Å². The number of rotatable bonds is 5. The lowest BCUT2D eigenvalue weighted by molar-refractivity contribution is 0.0730. The predicted octanol–water partition coefficient (Wildman–Crippen LogP) is 3.08. The SMILES string of the molecule is CNc1cc(Cl)c(C(=O)Nc2sc3c(c2C#N)CCC3)cc1S(=O)(=O)N1CCOCC1. The molecule has 164 valence electrons. The lowest BCUT2D eigenvalue weighted by atomic mass is 10.1. The maximum atomic E-state index is 13.2. The molecule has 2 N–H and O–H groups in total. The minimum atomic E-state index is -3.86. The number of halogens is 1. The van der Waals surface area contributed by atoms with E-state index in [2.05, 4.69) is 16.7 Å². The van der Waals surface area contributed by atoms with Gasteiger partial charge in [-0.05, 0) is 37.0 Å². The summed E-state index contributed by atoms with van der Waals surface area (Å²) < 4.78 is 33.0. The molecule has 31 heavy (non-hydrogen) atoms. The van der Waals surface area contributed by atoms with Gasteiger partial charge in [-0.2, -0.15) is 9.57 Å². The van der Waals surface area contributed by atoms with Crippen LogP contribution in [0, 0.1) is 11.3 Å². The van der Waals surface area contributed by atoms with Crippen molar-refractivity contribution in [1.82, 2.24) is 4.31 Å². The Balaban J connectivity index is 1.70. The molecule has 1 fully saturated rings. The van der Waals surface area contributed by atoms with E-state index in [1.807, 2.05) is 0 Å². The Hall–Kier alpha value is -2.16. The molecule has 0 bridgehead atoms. The quantitative estimate of drug-likeness (QED) is 0.680. The number of nitriles is 1. The van der Waals surface area contributed by atoms with Gasteiger partial charge in [-0.3, -0.25) is 4.79 Å². The maximum absolute atomic E-state index is 13.2. The second-order valence-electron chi connectivity index (χ2n) is 7.22. The van der Waals surface area contributed by atoms with Crippen LogP contribution in [0.2, 0.25) is 5.02 Å². The molecule has 0 spiro atoms. The summed E-state index contributed by atoms with van der Waals surface area (Å²) in [5.41, 5.74) is 1.82. The number of carbonyl (C=O) groups excluding carboxylic acids is 1. The van der Waals surface area contributed by atoms with Gasteiger partial charge in [0.15, 0.2) is 0 Å². The molecule has 1 aromatic carbocycles. The van der Waals surface area contributed by atoms with Gasteiger partial charge in [0.25, 0.3) is 5.91 Å². The molecule has 11 heteroatoms. The first kappa shape index (κ1) is 22.0. The summed E-state index contributed by atoms with van der Waals surface area (Å²) in [7, 11) is -2.26. The molecule has 1 aliphatic carbocycles. The molecule has 0 unspecified atom stereocenters. The monoisotopic (exact) mass is 480 g/mol. The van der Waals surface area contributed by atoms with Crippen LogP contribution in [-0.4, -0.2) is 52.0 Å². The van der Waals surface area contributed by atoms with Crippen LogP contribution in [0.1, 0.15) is 32.8 Å². The van der Waals surface area contributed by atoms with E-state index in [1.54, 1.807) is 7.05 Å². The van der Waals surface area contributed by atoms with Gasteiger partial charge < -0.3 is 15.4 Å². The van der Waals surface area contributed by atoms with Crippen LogP contribution in [-0.2, 0) is 27.6 Å². The summed E-state index contributed by atoms with van der Waals surface area (Å²) in [6.07, 6.45) is 2.72. The first-order valence-corrected chi connectivity index (χ1v) is 12.5. The summed E-state index contributed by atoms with van der Waals surface area (Å²) in [6.45, 7) is 1.11. The average molecular weight is 481 g/mol. The topological polar surface area (TPSA) is 112 Å². The number of amides is 1. The molecule has 4 rings (SSSR count). The minimum absolute atomic E-state index is 0.0272. The largest absolute Gasteiger partial charge is 0.387 e. The number of carbonyl (C=O) groups is 1. The van der Waals surface area contributed by atoms with Gasteiger partial charge in [0, 0.05) is 25.0 Å². The minimum Gasteiger partial charge on any atom is -0.387 e. The summed E-state index contributed by atoms with van der Waals surface area (Å²) in [4.78, 5) is 14.1. The number of nitrogens with one attached hydrogen (secondary N) is 2. The van der Waals surface area contributed by atoms with Crippen LogP contribution in [0.25, 0.3) is 0 Å². The molecule has 0 atom stereocenters. The molecule has 1 aromatic heterocycles. The smallest absolute Gasteiger partial charge is 0.257 e. The van der Waals surface area contributed by atoms with Crippen molar-refractivity contribution in [3.63, 3.8) is 0 Å². The Morgan fingerprint density at radius 1 is 1.29 bits per heavy atom. The second-order valence-corrected chi connectivity index (χ2v) is 10.6. The van der Waals surface area contributed by atoms with E-state index in [1.165, 1.54) is 27.8 Å². The van der Waals surface area contributed by atoms with Gasteiger partial charge in [-0.25, -0.2) is 8.42 Å². The molecule has 2 heterocycles. The number of benzene rings is 1. The Morgan fingerprint density at radius 2 is 2.03 bits per heavy atom. The fraction of sp³-hybridized carbons (Fsp3) is 0.400. The second kappa shape index (κ2) is 8.76. The molecular formula is C20H21ClN4O4S2. The normalized spacial score (nSPS) is 16.5. The molecule has 2 aromatic rings. The van der Waals surface area contributed by atoms with E-state index in [0.717, 1.165) is 29.7 Å². The standard InChI is InChI=1S/C20H21ClN4O4S2/c1-23-16-10-15(21)13(9-18(16)31(27,28)25-5-7-29-8-6-25)19(26)24-20-14(11-22)12-3-2-4-17(12)30-20/h9-10,23H,2-8H2,1H3,(H,24,26). The van der Waals surface area contributed by atoms with Crippen molar-refractivity contribution >= 4 is 49.6 Å². The number of ether oxygens (including phenoxy) is 1. The van der Waals surface area contributed by atoms with Crippen molar-refractivity contribution in [2.24, 2.45) is 0 Å². The number of hydrogen-bond donors (Lipinski definition) is 2. The van der Waals surface area contributed by atoms with Gasteiger partial charge in [0.2, 0.25) is 10.0 Å². The summed E-state index contributed by atoms with van der Waals surface area (Å²) >= 11 is 7.73. The van der Waals surface area contributed by atoms with Crippen LogP contribution in [0.15, 0.2) is 17.0 Å². The van der Waals surface area contributed by atoms with Crippen molar-refractivity contribution < 1.29 is 17.9 Å². The average Bonchev–Trinajstić information content (AvgIpc) is 3.34. The van der Waals surface area contributed by atoms with E-state index in [0.29, 0.717) is 29.5 Å². The molecule has 1 aliphatic heterocycles. The molecule has 0 radical (unpaired) electrons. The van der Waals surface area contributed by atoms with E-state index < -0.39 is 15.9 Å². The van der Waals surface area contributed by atoms with E-state index in [4.69, 9.17) is 16.3 Å². The van der Waals surface area contributed by atoms with Gasteiger partial charge in [0.05, 0.1) is 35.1 Å². The number of nitrogens with zero attached hydrogens (tertiary/aromatic N) is 2. The number of morpholine rings is 1. The zero-order valence-electron chi connectivity index (χ0n) is 16.8. The number of thiophene rings is 1. The molecule has 1 amide bonds. The summed E-state index contributed by atoms with van der Waals surface area (Å²) in [6, 6.07) is 4.91. The third-order valence-electron chi connectivity index (χ3n) is 5.43. The van der Waals surface area contributed by atoms with Crippen LogP contribution >= 0.6 is 22.9 Å². The van der Waals surface area contributed by atoms with Crippen molar-refractivity contribution in [2.75, 3.05) is 44.0 Å². The van der Waals surface area contributed by atoms with Crippen molar-refractivity contribution in [1.29, 1.82) is 5.26 Å². The first-order valence-electron chi connectivity index (χ1n) is 9.82. The molecule has 0 saturated carbocycles. The highest BCUT2D eigenvalue weighted by atomic mass is 35.5. The highest BCUT2D eigenvalue weighted by molar-refractivity contribution is 7.89. The Bertz CT molecular complexity index is 1180. The van der Waals surface area contributed by atoms with Crippen LogP contribution in [0.5, 0.6) is 0 Å². The van der Waals surface area contributed by atoms with Crippen LogP contribution in [0.3, 0.4) is 0 Å². The lowest BCUT2D eigenvalue weighted by Crippen LogP contribution is -2.40. The third kappa shape index (κ3) is 4.04. The Morgan fingerprint density at radius 3 is 2.71 bits per heavy atom. The zero-order valence-corrected chi connectivity index (χ0v) is 19.2. The highest BCUT2D eigenvalue weighted by Gasteiger charge is 2.31. The number of fused-ring (bicyclic) bond motifs is 1. The van der Waals surface area contributed by atoms with Crippen molar-refractivity contribution in [3.05, 3.63) is 38.7 Å². The maximum Gasteiger partial charge on any atom is 0.257 e. The summed E-state index contributed by atoms with van der Waals surface area (Å²) in [5, 5.41) is 15.8. The fourth-order valence-corrected chi connectivity index (χ4v) is 6.94. The molecule has 2 aliphatic rings. The molecule has 1 saturated heterocycles. The van der Waals surface area contributed by atoms with Gasteiger partial charge >= 0.3 is 0 Å². The van der Waals surface area contributed by atoms with Crippen LogP contribution in [0.4, 0.5) is 10.7 Å². The number of aryl methyl sites for hydroxylation is 1. The van der Waals surface area contributed by atoms with Crippen LogP contribution < -0.4 is 10.6 Å². The lowest BCUT2D eigenvalue weighted by Gasteiger charge is -2.27. The predicted molar refractivity (Wildman–Crippen MR) is 120 cm³/mol. The number of hydrogen-bond acceptors (Lipinski definition) is 7. The van der Waals surface area contributed by atoms with Crippen molar-refractivity contribution in [2.45, 2.75) is 24.2 Å². The zero-order chi connectivity index (χ0) is 22.2. The Kier molecular flexibility index (Phi) is 6.23. The number of sulfonamides is 1. The van der Waals surface area contributed by atoms with E-state index >= 15 is 0 Å². The number of anilines is 2. The molecular weight excluding hydrogens is 460 g/mol. The first-order chi connectivity index (χ1) is 14.9. The summed E-state index contributed by atoms with van der Waals surface area (Å²) in [5.74, 6) is -0.553.